The van der Waals surface area contributed by atoms with Gasteiger partial charge in [0.1, 0.15) is 11.5 Å². The van der Waals surface area contributed by atoms with Crippen molar-refractivity contribution in [1.29, 1.82) is 0 Å². The molecule has 0 spiro atoms. The second kappa shape index (κ2) is 7.48. The molecule has 7 nitrogen and oxygen atoms in total. The van der Waals surface area contributed by atoms with Crippen molar-refractivity contribution < 1.29 is 9.47 Å². The van der Waals surface area contributed by atoms with Crippen molar-refractivity contribution in [2.24, 2.45) is 0 Å². The molecule has 0 atom stereocenters. The highest BCUT2D eigenvalue weighted by atomic mass is 16.5. The fraction of sp³-hybridized carbons (Fsp3) is 0.143. The van der Waals surface area contributed by atoms with Crippen LogP contribution < -0.4 is 14.8 Å². The van der Waals surface area contributed by atoms with E-state index in [0.717, 1.165) is 27.8 Å². The van der Waals surface area contributed by atoms with E-state index in [-0.39, 0.29) is 0 Å². The summed E-state index contributed by atoms with van der Waals surface area (Å²) in [5.41, 5.74) is 3.30. The van der Waals surface area contributed by atoms with Gasteiger partial charge >= 0.3 is 0 Å². The summed E-state index contributed by atoms with van der Waals surface area (Å²) in [5.74, 6) is 2.61. The average molecular weight is 373 g/mol. The standard InChI is InChI=1S/C21H19N5O2/c1-22-20-15-8-7-13(14-5-4-6-18(27-2)19(14)28-3)11-16(15)25-21(26-20)17-12-23-9-10-24-17/h4-12H,1-3H3,(H,22,25,26). The molecule has 28 heavy (non-hydrogen) atoms. The van der Waals surface area contributed by atoms with E-state index in [1.807, 2.05) is 43.4 Å². The van der Waals surface area contributed by atoms with Crippen LogP contribution in [-0.2, 0) is 0 Å². The Labute approximate surface area is 162 Å². The van der Waals surface area contributed by atoms with E-state index in [1.165, 1.54) is 0 Å². The van der Waals surface area contributed by atoms with Gasteiger partial charge in [0.25, 0.3) is 0 Å². The van der Waals surface area contributed by atoms with Crippen LogP contribution in [0.1, 0.15) is 0 Å². The van der Waals surface area contributed by atoms with Gasteiger partial charge in [-0.2, -0.15) is 0 Å². The number of hydrogen-bond donors (Lipinski definition) is 1. The van der Waals surface area contributed by atoms with E-state index in [2.05, 4.69) is 20.3 Å². The zero-order valence-electron chi connectivity index (χ0n) is 15.8. The van der Waals surface area contributed by atoms with Crippen molar-refractivity contribution in [1.82, 2.24) is 19.9 Å². The predicted molar refractivity (Wildman–Crippen MR) is 109 cm³/mol. The van der Waals surface area contributed by atoms with Gasteiger partial charge in [-0.15, -0.1) is 0 Å². The Morgan fingerprint density at radius 1 is 0.964 bits per heavy atom. The minimum absolute atomic E-state index is 0.514. The van der Waals surface area contributed by atoms with Crippen LogP contribution in [0.3, 0.4) is 0 Å². The zero-order valence-corrected chi connectivity index (χ0v) is 15.8. The summed E-state index contributed by atoms with van der Waals surface area (Å²) in [7, 11) is 5.10. The van der Waals surface area contributed by atoms with E-state index in [1.54, 1.807) is 32.8 Å². The number of aromatic nitrogens is 4. The highest BCUT2D eigenvalue weighted by Crippen LogP contribution is 2.39. The monoisotopic (exact) mass is 373 g/mol. The van der Waals surface area contributed by atoms with Crippen molar-refractivity contribution in [3.8, 4) is 34.1 Å². The molecule has 4 rings (SSSR count). The third-order valence-electron chi connectivity index (χ3n) is 4.44. The van der Waals surface area contributed by atoms with Gasteiger partial charge in [0.2, 0.25) is 0 Å². The fourth-order valence-electron chi connectivity index (χ4n) is 3.13. The molecular formula is C21H19N5O2. The van der Waals surface area contributed by atoms with Gasteiger partial charge in [-0.3, -0.25) is 4.98 Å². The van der Waals surface area contributed by atoms with Gasteiger partial charge < -0.3 is 14.8 Å². The fourth-order valence-corrected chi connectivity index (χ4v) is 3.13. The molecule has 2 heterocycles. The minimum atomic E-state index is 0.514. The van der Waals surface area contributed by atoms with Crippen LogP contribution in [-0.4, -0.2) is 41.2 Å². The number of ether oxygens (including phenoxy) is 2. The Kier molecular flexibility index (Phi) is 4.72. The Bertz CT molecular complexity index is 1130. The van der Waals surface area contributed by atoms with E-state index >= 15 is 0 Å². The lowest BCUT2D eigenvalue weighted by molar-refractivity contribution is 0.356. The first-order valence-electron chi connectivity index (χ1n) is 8.72. The average Bonchev–Trinajstić information content (AvgIpc) is 2.77. The van der Waals surface area contributed by atoms with Crippen LogP contribution >= 0.6 is 0 Å². The van der Waals surface area contributed by atoms with E-state index in [9.17, 15) is 0 Å². The number of para-hydroxylation sites is 1. The lowest BCUT2D eigenvalue weighted by Crippen LogP contribution is -2.00. The van der Waals surface area contributed by atoms with Crippen molar-refractivity contribution in [3.05, 3.63) is 55.0 Å². The summed E-state index contributed by atoms with van der Waals surface area (Å²) in [6.07, 6.45) is 4.89. The molecule has 0 amide bonds. The number of anilines is 1. The molecule has 4 aromatic rings. The Hall–Kier alpha value is -3.74. The predicted octanol–water partition coefficient (Wildman–Crippen LogP) is 3.81. The maximum Gasteiger partial charge on any atom is 0.182 e. The summed E-state index contributed by atoms with van der Waals surface area (Å²) >= 11 is 0. The topological polar surface area (TPSA) is 82.1 Å². The summed E-state index contributed by atoms with van der Waals surface area (Å²) in [6.45, 7) is 0. The molecule has 0 aliphatic heterocycles. The second-order valence-electron chi connectivity index (χ2n) is 6.01. The molecule has 2 aromatic heterocycles. The summed E-state index contributed by atoms with van der Waals surface area (Å²) < 4.78 is 11.0. The van der Waals surface area contributed by atoms with Crippen LogP contribution in [0.2, 0.25) is 0 Å². The Balaban J connectivity index is 1.92. The van der Waals surface area contributed by atoms with E-state index in [0.29, 0.717) is 23.0 Å². The maximum atomic E-state index is 5.58. The Morgan fingerprint density at radius 2 is 1.86 bits per heavy atom. The number of hydrogen-bond acceptors (Lipinski definition) is 7. The van der Waals surface area contributed by atoms with Crippen LogP contribution in [0.25, 0.3) is 33.5 Å². The molecule has 0 radical (unpaired) electrons. The first-order valence-corrected chi connectivity index (χ1v) is 8.72. The normalized spacial score (nSPS) is 10.7. The molecule has 0 aliphatic rings. The van der Waals surface area contributed by atoms with Gasteiger partial charge in [0, 0.05) is 30.4 Å². The number of nitrogens with one attached hydrogen (secondary N) is 1. The van der Waals surface area contributed by atoms with Crippen LogP contribution in [0.5, 0.6) is 11.5 Å². The van der Waals surface area contributed by atoms with Gasteiger partial charge in [0.15, 0.2) is 17.3 Å². The van der Waals surface area contributed by atoms with E-state index in [4.69, 9.17) is 14.5 Å². The van der Waals surface area contributed by atoms with E-state index < -0.39 is 0 Å². The quantitative estimate of drug-likeness (QED) is 0.569. The molecule has 0 bridgehead atoms. The zero-order chi connectivity index (χ0) is 19.5. The Morgan fingerprint density at radius 3 is 2.57 bits per heavy atom. The molecule has 0 aliphatic carbocycles. The number of benzene rings is 2. The van der Waals surface area contributed by atoms with Crippen molar-refractivity contribution in [2.45, 2.75) is 0 Å². The summed E-state index contributed by atoms with van der Waals surface area (Å²) in [4.78, 5) is 17.7. The summed E-state index contributed by atoms with van der Waals surface area (Å²) in [5, 5.41) is 4.05. The highest BCUT2D eigenvalue weighted by molar-refractivity contribution is 5.94. The van der Waals surface area contributed by atoms with Gasteiger partial charge in [-0.1, -0.05) is 18.2 Å². The second-order valence-corrected chi connectivity index (χ2v) is 6.01. The van der Waals surface area contributed by atoms with Gasteiger partial charge in [-0.25, -0.2) is 15.0 Å². The molecular weight excluding hydrogens is 354 g/mol. The molecule has 1 N–H and O–H groups in total. The van der Waals surface area contributed by atoms with Crippen molar-refractivity contribution in [2.75, 3.05) is 26.6 Å². The number of fused-ring (bicyclic) bond motifs is 1. The molecule has 7 heteroatoms. The first kappa shape index (κ1) is 17.7. The molecule has 0 saturated carbocycles. The molecule has 0 unspecified atom stereocenters. The molecule has 140 valence electrons. The third-order valence-corrected chi connectivity index (χ3v) is 4.44. The van der Waals surface area contributed by atoms with Crippen molar-refractivity contribution >= 4 is 16.7 Å². The molecule has 0 fully saturated rings. The lowest BCUT2D eigenvalue weighted by atomic mass is 10.0. The number of nitrogens with zero attached hydrogens (tertiary/aromatic N) is 4. The SMILES string of the molecule is CNc1nc(-c2cnccn2)nc2cc(-c3cccc(OC)c3OC)ccc12. The number of methoxy groups -OCH3 is 2. The van der Waals surface area contributed by atoms with Gasteiger partial charge in [0.05, 0.1) is 25.9 Å². The number of rotatable bonds is 5. The first-order chi connectivity index (χ1) is 13.7. The van der Waals surface area contributed by atoms with Crippen LogP contribution in [0.4, 0.5) is 5.82 Å². The minimum Gasteiger partial charge on any atom is -0.493 e. The van der Waals surface area contributed by atoms with Crippen LogP contribution in [0, 0.1) is 0 Å². The third kappa shape index (κ3) is 3.07. The molecule has 0 saturated heterocycles. The van der Waals surface area contributed by atoms with Gasteiger partial charge in [-0.05, 0) is 23.8 Å². The smallest absolute Gasteiger partial charge is 0.182 e. The highest BCUT2D eigenvalue weighted by Gasteiger charge is 2.14. The van der Waals surface area contributed by atoms with Crippen molar-refractivity contribution in [3.63, 3.8) is 0 Å². The lowest BCUT2D eigenvalue weighted by Gasteiger charge is -2.14. The largest absolute Gasteiger partial charge is 0.493 e. The maximum absolute atomic E-state index is 5.58. The molecule has 2 aromatic carbocycles. The van der Waals surface area contributed by atoms with Crippen LogP contribution in [0.15, 0.2) is 55.0 Å². The summed E-state index contributed by atoms with van der Waals surface area (Å²) in [6, 6.07) is 11.8.